The Morgan fingerprint density at radius 2 is 2.06 bits per heavy atom. The van der Waals surface area contributed by atoms with Gasteiger partial charge in [0.2, 0.25) is 0 Å². The first-order chi connectivity index (χ1) is 8.33. The van der Waals surface area contributed by atoms with Crippen molar-refractivity contribution in [2.75, 3.05) is 13.1 Å². The van der Waals surface area contributed by atoms with E-state index in [-0.39, 0.29) is 0 Å². The summed E-state index contributed by atoms with van der Waals surface area (Å²) in [6.07, 6.45) is 4.26. The largest absolute Gasteiger partial charge is 0.317 e. The van der Waals surface area contributed by atoms with E-state index in [0.29, 0.717) is 5.92 Å². The molecule has 17 heavy (non-hydrogen) atoms. The summed E-state index contributed by atoms with van der Waals surface area (Å²) in [5.74, 6) is 0.601. The number of rotatable bonds is 1. The van der Waals surface area contributed by atoms with Crippen molar-refractivity contribution in [3.05, 3.63) is 35.7 Å². The highest BCUT2D eigenvalue weighted by Crippen LogP contribution is 2.24. The van der Waals surface area contributed by atoms with Crippen molar-refractivity contribution in [3.63, 3.8) is 0 Å². The van der Waals surface area contributed by atoms with Gasteiger partial charge in [-0.15, -0.1) is 0 Å². The fourth-order valence-electron chi connectivity index (χ4n) is 2.48. The van der Waals surface area contributed by atoms with Crippen LogP contribution in [-0.2, 0) is 0 Å². The Morgan fingerprint density at radius 3 is 2.88 bits per heavy atom. The maximum atomic E-state index is 4.70. The lowest BCUT2D eigenvalue weighted by Gasteiger charge is -2.22. The van der Waals surface area contributed by atoms with Crippen LogP contribution in [0.4, 0.5) is 0 Å². The van der Waals surface area contributed by atoms with Crippen molar-refractivity contribution in [2.24, 2.45) is 0 Å². The van der Waals surface area contributed by atoms with E-state index in [1.54, 1.807) is 0 Å². The van der Waals surface area contributed by atoms with Gasteiger partial charge in [-0.3, -0.25) is 0 Å². The van der Waals surface area contributed by atoms with Crippen LogP contribution in [-0.4, -0.2) is 23.1 Å². The van der Waals surface area contributed by atoms with E-state index in [4.69, 9.17) is 4.98 Å². The van der Waals surface area contributed by atoms with E-state index in [0.717, 1.165) is 24.1 Å². The molecule has 2 aromatic rings. The van der Waals surface area contributed by atoms with Gasteiger partial charge in [-0.2, -0.15) is 0 Å². The number of hydrogen-bond donors (Lipinski definition) is 1. The van der Waals surface area contributed by atoms with Crippen LogP contribution in [0.5, 0.6) is 0 Å². The van der Waals surface area contributed by atoms with Crippen molar-refractivity contribution < 1.29 is 0 Å². The molecule has 3 nitrogen and oxygen atoms in total. The molecule has 3 heteroatoms. The van der Waals surface area contributed by atoms with Crippen LogP contribution >= 0.6 is 0 Å². The fourth-order valence-corrected chi connectivity index (χ4v) is 2.48. The second-order valence-electron chi connectivity index (χ2n) is 4.82. The molecule has 2 aromatic heterocycles. The van der Waals surface area contributed by atoms with E-state index in [9.17, 15) is 0 Å². The molecule has 0 spiro atoms. The number of piperidine rings is 1. The number of aromatic nitrogens is 2. The molecule has 0 radical (unpaired) electrons. The zero-order valence-electron chi connectivity index (χ0n) is 10.1. The summed E-state index contributed by atoms with van der Waals surface area (Å²) in [4.78, 5) is 9.11. The summed E-state index contributed by atoms with van der Waals surface area (Å²) in [6.45, 7) is 4.27. The Labute approximate surface area is 101 Å². The number of nitrogens with zero attached hydrogens (tertiary/aromatic N) is 2. The highest BCUT2D eigenvalue weighted by Gasteiger charge is 2.16. The second kappa shape index (κ2) is 4.41. The molecular weight excluding hydrogens is 210 g/mol. The fraction of sp³-hybridized carbons (Fsp3) is 0.429. The third kappa shape index (κ3) is 2.15. The molecule has 0 aromatic carbocycles. The first kappa shape index (κ1) is 10.7. The van der Waals surface area contributed by atoms with Crippen molar-refractivity contribution in [1.29, 1.82) is 0 Å². The van der Waals surface area contributed by atoms with Gasteiger partial charge < -0.3 is 5.32 Å². The SMILES string of the molecule is Cc1cnc2nc(C3CCNCC3)ccc2c1. The number of aryl methyl sites for hydroxylation is 1. The molecule has 1 aliphatic heterocycles. The van der Waals surface area contributed by atoms with E-state index >= 15 is 0 Å². The summed E-state index contributed by atoms with van der Waals surface area (Å²) in [5.41, 5.74) is 3.27. The number of hydrogen-bond acceptors (Lipinski definition) is 3. The lowest BCUT2D eigenvalue weighted by Crippen LogP contribution is -2.27. The molecule has 3 heterocycles. The quantitative estimate of drug-likeness (QED) is 0.813. The minimum atomic E-state index is 0.601. The van der Waals surface area contributed by atoms with Crippen LogP contribution in [0.3, 0.4) is 0 Å². The topological polar surface area (TPSA) is 37.8 Å². The lowest BCUT2D eigenvalue weighted by atomic mass is 9.94. The van der Waals surface area contributed by atoms with Gasteiger partial charge in [0.15, 0.2) is 5.65 Å². The first-order valence-electron chi connectivity index (χ1n) is 6.27. The van der Waals surface area contributed by atoms with Gasteiger partial charge in [-0.1, -0.05) is 0 Å². The summed E-state index contributed by atoms with van der Waals surface area (Å²) >= 11 is 0. The predicted molar refractivity (Wildman–Crippen MR) is 69.1 cm³/mol. The number of pyridine rings is 2. The summed E-state index contributed by atoms with van der Waals surface area (Å²) < 4.78 is 0. The first-order valence-corrected chi connectivity index (χ1v) is 6.27. The Morgan fingerprint density at radius 1 is 1.24 bits per heavy atom. The number of nitrogens with one attached hydrogen (secondary N) is 1. The summed E-state index contributed by atoms with van der Waals surface area (Å²) in [6, 6.07) is 6.46. The number of fused-ring (bicyclic) bond motifs is 1. The maximum Gasteiger partial charge on any atom is 0.159 e. The van der Waals surface area contributed by atoms with Gasteiger partial charge in [0.05, 0.1) is 0 Å². The summed E-state index contributed by atoms with van der Waals surface area (Å²) in [7, 11) is 0. The minimum Gasteiger partial charge on any atom is -0.317 e. The molecule has 0 saturated carbocycles. The molecule has 0 atom stereocenters. The molecule has 1 aliphatic rings. The van der Waals surface area contributed by atoms with Crippen molar-refractivity contribution in [3.8, 4) is 0 Å². The van der Waals surface area contributed by atoms with Gasteiger partial charge >= 0.3 is 0 Å². The van der Waals surface area contributed by atoms with E-state index < -0.39 is 0 Å². The van der Waals surface area contributed by atoms with Crippen LogP contribution < -0.4 is 5.32 Å². The molecule has 0 amide bonds. The molecule has 0 unspecified atom stereocenters. The smallest absolute Gasteiger partial charge is 0.159 e. The Bertz CT molecular complexity index is 530. The zero-order valence-corrected chi connectivity index (χ0v) is 10.1. The van der Waals surface area contributed by atoms with Crippen molar-refractivity contribution >= 4 is 11.0 Å². The van der Waals surface area contributed by atoms with Crippen molar-refractivity contribution in [1.82, 2.24) is 15.3 Å². The molecule has 1 N–H and O–H groups in total. The minimum absolute atomic E-state index is 0.601. The van der Waals surface area contributed by atoms with Crippen LogP contribution in [0, 0.1) is 6.92 Å². The molecule has 3 rings (SSSR count). The molecule has 88 valence electrons. The Hall–Kier alpha value is -1.48. The van der Waals surface area contributed by atoms with E-state index in [1.165, 1.54) is 24.1 Å². The molecule has 1 saturated heterocycles. The van der Waals surface area contributed by atoms with Gasteiger partial charge in [0.1, 0.15) is 0 Å². The van der Waals surface area contributed by atoms with Crippen LogP contribution in [0.1, 0.15) is 30.0 Å². The maximum absolute atomic E-state index is 4.70. The van der Waals surface area contributed by atoms with Gasteiger partial charge in [0.25, 0.3) is 0 Å². The third-order valence-electron chi connectivity index (χ3n) is 3.46. The highest BCUT2D eigenvalue weighted by molar-refractivity contribution is 5.75. The van der Waals surface area contributed by atoms with Crippen LogP contribution in [0.25, 0.3) is 11.0 Å². The normalized spacial score (nSPS) is 17.5. The van der Waals surface area contributed by atoms with Crippen LogP contribution in [0.2, 0.25) is 0 Å². The molecule has 0 bridgehead atoms. The van der Waals surface area contributed by atoms with Crippen molar-refractivity contribution in [2.45, 2.75) is 25.7 Å². The van der Waals surface area contributed by atoms with E-state index in [1.807, 2.05) is 6.20 Å². The van der Waals surface area contributed by atoms with Crippen LogP contribution in [0.15, 0.2) is 24.4 Å². The predicted octanol–water partition coefficient (Wildman–Crippen LogP) is 2.41. The zero-order chi connectivity index (χ0) is 11.7. The molecular formula is C14H17N3. The Kier molecular flexibility index (Phi) is 2.77. The highest BCUT2D eigenvalue weighted by atomic mass is 14.9. The van der Waals surface area contributed by atoms with Gasteiger partial charge in [-0.05, 0) is 56.6 Å². The molecule has 1 fully saturated rings. The molecule has 0 aliphatic carbocycles. The second-order valence-corrected chi connectivity index (χ2v) is 4.82. The standard InChI is InChI=1S/C14H17N3/c1-10-8-12-2-3-13(17-14(12)16-9-10)11-4-6-15-7-5-11/h2-3,8-9,11,15H,4-7H2,1H3. The average Bonchev–Trinajstić information content (AvgIpc) is 2.39. The van der Waals surface area contributed by atoms with E-state index in [2.05, 4.69) is 35.4 Å². The average molecular weight is 227 g/mol. The Balaban J connectivity index is 1.98. The third-order valence-corrected chi connectivity index (χ3v) is 3.46. The monoisotopic (exact) mass is 227 g/mol. The van der Waals surface area contributed by atoms with Gasteiger partial charge in [0, 0.05) is 23.2 Å². The van der Waals surface area contributed by atoms with Gasteiger partial charge in [-0.25, -0.2) is 9.97 Å². The lowest BCUT2D eigenvalue weighted by molar-refractivity contribution is 0.454. The summed E-state index contributed by atoms with van der Waals surface area (Å²) in [5, 5.41) is 4.53.